The molecule has 20 heavy (non-hydrogen) atoms. The van der Waals surface area contributed by atoms with Gasteiger partial charge in [-0.1, -0.05) is 12.2 Å². The van der Waals surface area contributed by atoms with E-state index < -0.39 is 0 Å². The third kappa shape index (κ3) is 2.48. The number of ether oxygens (including phenoxy) is 1. The third-order valence-electron chi connectivity index (χ3n) is 2.82. The van der Waals surface area contributed by atoms with E-state index >= 15 is 0 Å². The second-order valence-electron chi connectivity index (χ2n) is 4.31. The largest absolute Gasteiger partial charge is 0.455 e. The highest BCUT2D eigenvalue weighted by atomic mass is 32.1. The Bertz CT molecular complexity index is 825. The third-order valence-corrected chi connectivity index (χ3v) is 3.03. The van der Waals surface area contributed by atoms with Crippen LogP contribution in [0.2, 0.25) is 0 Å². The fraction of sp³-hybridized carbons (Fsp3) is 0.143. The van der Waals surface area contributed by atoms with Crippen LogP contribution in [0.25, 0.3) is 22.4 Å². The summed E-state index contributed by atoms with van der Waals surface area (Å²) in [6.45, 7) is 0.326. The molecule has 102 valence electrons. The van der Waals surface area contributed by atoms with Gasteiger partial charge in [-0.05, 0) is 24.3 Å². The first-order valence-electron chi connectivity index (χ1n) is 5.94. The maximum Gasteiger partial charge on any atom is 0.151 e. The minimum atomic E-state index is -0.299. The highest BCUT2D eigenvalue weighted by Crippen LogP contribution is 2.27. The van der Waals surface area contributed by atoms with Gasteiger partial charge in [-0.3, -0.25) is 0 Å². The van der Waals surface area contributed by atoms with Crippen molar-refractivity contribution in [2.24, 2.45) is 0 Å². The molecule has 0 aliphatic carbocycles. The SMILES string of the molecule is COCc1nc(=S)cc(-c2cc3cc(F)ccc3o2)[nH]1. The van der Waals surface area contributed by atoms with Crippen molar-refractivity contribution in [3.8, 4) is 11.5 Å². The number of hydrogen-bond acceptors (Lipinski definition) is 4. The van der Waals surface area contributed by atoms with Gasteiger partial charge in [0, 0.05) is 18.6 Å². The van der Waals surface area contributed by atoms with Crippen molar-refractivity contribution in [2.75, 3.05) is 7.11 Å². The molecule has 1 aromatic carbocycles. The molecule has 2 aromatic heterocycles. The number of rotatable bonds is 3. The predicted molar refractivity (Wildman–Crippen MR) is 75.3 cm³/mol. The zero-order chi connectivity index (χ0) is 14.1. The number of methoxy groups -OCH3 is 1. The summed E-state index contributed by atoms with van der Waals surface area (Å²) in [4.78, 5) is 7.24. The monoisotopic (exact) mass is 290 g/mol. The van der Waals surface area contributed by atoms with Gasteiger partial charge < -0.3 is 14.1 Å². The molecule has 0 saturated carbocycles. The molecule has 6 heteroatoms. The molecule has 3 rings (SSSR count). The maximum atomic E-state index is 13.2. The van der Waals surface area contributed by atoms with Crippen LogP contribution in [0.4, 0.5) is 4.39 Å². The van der Waals surface area contributed by atoms with Crippen LogP contribution in [-0.2, 0) is 11.3 Å². The van der Waals surface area contributed by atoms with Gasteiger partial charge in [0.25, 0.3) is 0 Å². The lowest BCUT2D eigenvalue weighted by Gasteiger charge is -2.02. The normalized spacial score (nSPS) is 11.1. The molecule has 0 amide bonds. The highest BCUT2D eigenvalue weighted by molar-refractivity contribution is 7.71. The van der Waals surface area contributed by atoms with Crippen LogP contribution >= 0.6 is 12.2 Å². The molecule has 0 spiro atoms. The van der Waals surface area contributed by atoms with Crippen LogP contribution in [-0.4, -0.2) is 17.1 Å². The van der Waals surface area contributed by atoms with E-state index in [1.54, 1.807) is 25.3 Å². The lowest BCUT2D eigenvalue weighted by Crippen LogP contribution is -1.98. The van der Waals surface area contributed by atoms with Gasteiger partial charge in [0.1, 0.15) is 28.5 Å². The van der Waals surface area contributed by atoms with Crippen molar-refractivity contribution >= 4 is 23.2 Å². The number of nitrogens with zero attached hydrogens (tertiary/aromatic N) is 1. The van der Waals surface area contributed by atoms with E-state index in [-0.39, 0.29) is 5.82 Å². The van der Waals surface area contributed by atoms with Crippen molar-refractivity contribution in [3.05, 3.63) is 46.6 Å². The number of fused-ring (bicyclic) bond motifs is 1. The summed E-state index contributed by atoms with van der Waals surface area (Å²) in [6.07, 6.45) is 0. The van der Waals surface area contributed by atoms with E-state index in [0.29, 0.717) is 39.5 Å². The van der Waals surface area contributed by atoms with Crippen LogP contribution in [0.5, 0.6) is 0 Å². The van der Waals surface area contributed by atoms with Crippen LogP contribution in [0.1, 0.15) is 5.82 Å². The molecular weight excluding hydrogens is 279 g/mol. The van der Waals surface area contributed by atoms with Crippen LogP contribution in [0.15, 0.2) is 34.7 Å². The van der Waals surface area contributed by atoms with E-state index in [2.05, 4.69) is 9.97 Å². The molecule has 0 aliphatic rings. The average Bonchev–Trinajstić information content (AvgIpc) is 2.81. The molecule has 0 saturated heterocycles. The molecule has 0 bridgehead atoms. The molecule has 1 N–H and O–H groups in total. The fourth-order valence-corrected chi connectivity index (χ4v) is 2.22. The van der Waals surface area contributed by atoms with Gasteiger partial charge in [0.15, 0.2) is 5.76 Å². The Balaban J connectivity index is 2.12. The van der Waals surface area contributed by atoms with Crippen molar-refractivity contribution in [1.82, 2.24) is 9.97 Å². The molecule has 0 radical (unpaired) electrons. The van der Waals surface area contributed by atoms with Crippen molar-refractivity contribution in [1.29, 1.82) is 0 Å². The smallest absolute Gasteiger partial charge is 0.151 e. The Labute approximate surface area is 119 Å². The Morgan fingerprint density at radius 2 is 2.20 bits per heavy atom. The van der Waals surface area contributed by atoms with Crippen molar-refractivity contribution in [2.45, 2.75) is 6.61 Å². The van der Waals surface area contributed by atoms with E-state index in [1.807, 2.05) is 0 Å². The van der Waals surface area contributed by atoms with Crippen molar-refractivity contribution < 1.29 is 13.5 Å². The van der Waals surface area contributed by atoms with Gasteiger partial charge in [-0.15, -0.1) is 0 Å². The van der Waals surface area contributed by atoms with Gasteiger partial charge in [-0.25, -0.2) is 9.37 Å². The second-order valence-corrected chi connectivity index (χ2v) is 4.72. The molecule has 0 aliphatic heterocycles. The topological polar surface area (TPSA) is 51.1 Å². The molecule has 3 aromatic rings. The van der Waals surface area contributed by atoms with E-state index in [4.69, 9.17) is 21.4 Å². The van der Waals surface area contributed by atoms with Gasteiger partial charge >= 0.3 is 0 Å². The summed E-state index contributed by atoms with van der Waals surface area (Å²) in [5, 5.41) is 0.699. The van der Waals surface area contributed by atoms with Crippen molar-refractivity contribution in [3.63, 3.8) is 0 Å². The number of furan rings is 1. The Kier molecular flexibility index (Phi) is 3.33. The van der Waals surface area contributed by atoms with Crippen LogP contribution in [0.3, 0.4) is 0 Å². The number of aromatic nitrogens is 2. The van der Waals surface area contributed by atoms with E-state index in [0.717, 1.165) is 0 Å². The Morgan fingerprint density at radius 1 is 1.35 bits per heavy atom. The number of nitrogens with one attached hydrogen (secondary N) is 1. The standard InChI is InChI=1S/C14H11FN2O2S/c1-18-7-13-16-10(6-14(20)17-13)12-5-8-4-9(15)2-3-11(8)19-12/h2-6H,7H2,1H3,(H,16,17,20). The molecular formula is C14H11FN2O2S. The Morgan fingerprint density at radius 3 is 3.00 bits per heavy atom. The molecule has 0 fully saturated rings. The van der Waals surface area contributed by atoms with E-state index in [1.165, 1.54) is 12.1 Å². The predicted octanol–water partition coefficient (Wildman–Crippen LogP) is 3.84. The van der Waals surface area contributed by atoms with Crippen LogP contribution < -0.4 is 0 Å². The number of benzene rings is 1. The molecule has 4 nitrogen and oxygen atoms in total. The molecule has 0 atom stereocenters. The summed E-state index contributed by atoms with van der Waals surface area (Å²) >= 11 is 5.11. The number of aromatic amines is 1. The molecule has 2 heterocycles. The second kappa shape index (κ2) is 5.15. The molecule has 0 unspecified atom stereocenters. The number of hydrogen-bond donors (Lipinski definition) is 1. The van der Waals surface area contributed by atoms with Crippen LogP contribution in [0, 0.1) is 10.5 Å². The maximum absolute atomic E-state index is 13.2. The van der Waals surface area contributed by atoms with Gasteiger partial charge in [0.05, 0.1) is 5.69 Å². The Hall–Kier alpha value is -2.05. The summed E-state index contributed by atoms with van der Waals surface area (Å²) in [6, 6.07) is 7.84. The lowest BCUT2D eigenvalue weighted by molar-refractivity contribution is 0.177. The first kappa shape index (κ1) is 13.0. The summed E-state index contributed by atoms with van der Waals surface area (Å²) in [7, 11) is 1.58. The minimum absolute atomic E-state index is 0.299. The summed E-state index contributed by atoms with van der Waals surface area (Å²) in [5.41, 5.74) is 1.31. The fourth-order valence-electron chi connectivity index (χ4n) is 1.99. The zero-order valence-corrected chi connectivity index (χ0v) is 11.5. The number of halogens is 1. The van der Waals surface area contributed by atoms with Gasteiger partial charge in [-0.2, -0.15) is 0 Å². The lowest BCUT2D eigenvalue weighted by atomic mass is 10.2. The summed E-state index contributed by atoms with van der Waals surface area (Å²) < 4.78 is 24.3. The first-order valence-corrected chi connectivity index (χ1v) is 6.35. The highest BCUT2D eigenvalue weighted by Gasteiger charge is 2.09. The average molecular weight is 290 g/mol. The minimum Gasteiger partial charge on any atom is -0.455 e. The first-order chi connectivity index (χ1) is 9.65. The van der Waals surface area contributed by atoms with E-state index in [9.17, 15) is 4.39 Å². The number of H-pyrrole nitrogens is 1. The quantitative estimate of drug-likeness (QED) is 0.745. The summed E-state index contributed by atoms with van der Waals surface area (Å²) in [5.74, 6) is 0.894. The van der Waals surface area contributed by atoms with Gasteiger partial charge in [0.2, 0.25) is 0 Å². The zero-order valence-electron chi connectivity index (χ0n) is 10.6.